The molecule has 9 nitrogen and oxygen atoms in total. The maximum Gasteiger partial charge on any atom is 1.00 e. The van der Waals surface area contributed by atoms with Gasteiger partial charge in [-0.3, -0.25) is 16.2 Å². The van der Waals surface area contributed by atoms with Gasteiger partial charge in [0.15, 0.2) is 0 Å². The zero-order valence-corrected chi connectivity index (χ0v) is 22.0. The van der Waals surface area contributed by atoms with Crippen molar-refractivity contribution in [1.29, 1.82) is 0 Å². The topological polar surface area (TPSA) is 116 Å². The number of amides is 1. The summed E-state index contributed by atoms with van der Waals surface area (Å²) in [6.07, 6.45) is 5.53. The number of nitrogens with zero attached hydrogens (tertiary/aromatic N) is 4. The van der Waals surface area contributed by atoms with E-state index in [9.17, 15) is 9.59 Å². The Bertz CT molecular complexity index is 1290. The van der Waals surface area contributed by atoms with Crippen molar-refractivity contribution in [2.45, 2.75) is 26.3 Å². The Morgan fingerprint density at radius 2 is 2.09 bits per heavy atom. The normalized spacial score (nSPS) is 10.6. The molecule has 2 heterocycles. The van der Waals surface area contributed by atoms with Gasteiger partial charge >= 0.3 is 29.6 Å². The average molecular weight is 479 g/mol. The fraction of sp³-hybridized carbons (Fsp3) is 0.240. The SMILES string of the molecule is CC(C)NC(=O)CN(CC[C-]=O)c1[c-]ccc(-c2nccc(Nc3ccc4[nH]ncc4c3)n2)c1.[Na+]. The van der Waals surface area contributed by atoms with Crippen LogP contribution in [0.25, 0.3) is 22.3 Å². The quantitative estimate of drug-likeness (QED) is 0.223. The third-order valence-electron chi connectivity index (χ3n) is 5.02. The van der Waals surface area contributed by atoms with E-state index in [1.807, 2.05) is 50.5 Å². The van der Waals surface area contributed by atoms with Crippen molar-refractivity contribution in [3.63, 3.8) is 0 Å². The smallest absolute Gasteiger partial charge is 0.542 e. The van der Waals surface area contributed by atoms with Crippen molar-refractivity contribution in [3.05, 3.63) is 60.9 Å². The number of hydrogen-bond donors (Lipinski definition) is 3. The predicted octanol–water partition coefficient (Wildman–Crippen LogP) is 0.398. The average Bonchev–Trinajstić information content (AvgIpc) is 3.29. The van der Waals surface area contributed by atoms with E-state index < -0.39 is 0 Å². The molecule has 0 fully saturated rings. The molecule has 0 saturated carbocycles. The van der Waals surface area contributed by atoms with Crippen LogP contribution in [0.5, 0.6) is 0 Å². The Balaban J connectivity index is 0.00000342. The second-order valence-corrected chi connectivity index (χ2v) is 8.06. The van der Waals surface area contributed by atoms with Crippen LogP contribution in [0.4, 0.5) is 17.2 Å². The van der Waals surface area contributed by atoms with Crippen LogP contribution in [-0.2, 0) is 9.59 Å². The molecule has 2 aromatic heterocycles. The predicted molar refractivity (Wildman–Crippen MR) is 131 cm³/mol. The number of benzene rings is 2. The van der Waals surface area contributed by atoms with Crippen LogP contribution in [-0.4, -0.2) is 51.5 Å². The van der Waals surface area contributed by atoms with E-state index in [4.69, 9.17) is 0 Å². The Kier molecular flexibility index (Phi) is 9.36. The van der Waals surface area contributed by atoms with E-state index in [-0.39, 0.29) is 54.5 Å². The van der Waals surface area contributed by atoms with Gasteiger partial charge in [-0.2, -0.15) is 23.3 Å². The van der Waals surface area contributed by atoms with Gasteiger partial charge in [0.05, 0.1) is 18.3 Å². The molecule has 3 N–H and O–H groups in total. The van der Waals surface area contributed by atoms with Crippen LogP contribution in [0.15, 0.2) is 54.9 Å². The second kappa shape index (κ2) is 12.4. The molecule has 2 aromatic carbocycles. The molecule has 0 bridgehead atoms. The number of carbonyl (C=O) groups is 1. The summed E-state index contributed by atoms with van der Waals surface area (Å²) in [6, 6.07) is 16.3. The maximum absolute atomic E-state index is 12.3. The summed E-state index contributed by atoms with van der Waals surface area (Å²) in [4.78, 5) is 34.0. The number of nitrogens with one attached hydrogen (secondary N) is 3. The van der Waals surface area contributed by atoms with Gasteiger partial charge in [-0.15, -0.1) is 12.5 Å². The monoisotopic (exact) mass is 478 g/mol. The first kappa shape index (κ1) is 26.3. The van der Waals surface area contributed by atoms with Crippen molar-refractivity contribution >= 4 is 40.3 Å². The maximum atomic E-state index is 12.3. The number of aromatic amines is 1. The second-order valence-electron chi connectivity index (χ2n) is 8.06. The van der Waals surface area contributed by atoms with Gasteiger partial charge in [-0.1, -0.05) is 11.3 Å². The molecule has 4 rings (SSSR count). The van der Waals surface area contributed by atoms with Crippen molar-refractivity contribution in [2.75, 3.05) is 23.3 Å². The van der Waals surface area contributed by atoms with Crippen molar-refractivity contribution in [2.24, 2.45) is 0 Å². The number of carbonyl (C=O) groups excluding carboxylic acids is 2. The minimum atomic E-state index is -0.128. The van der Waals surface area contributed by atoms with Gasteiger partial charge in [0, 0.05) is 23.3 Å². The fourth-order valence-electron chi connectivity index (χ4n) is 3.52. The van der Waals surface area contributed by atoms with Gasteiger partial charge < -0.3 is 20.3 Å². The Hall–Kier alpha value is -3.27. The van der Waals surface area contributed by atoms with Gasteiger partial charge in [0.1, 0.15) is 11.6 Å². The molecule has 0 aliphatic rings. The molecular formula is C25H25N7NaO2-. The van der Waals surface area contributed by atoms with Crippen molar-refractivity contribution in [3.8, 4) is 11.4 Å². The summed E-state index contributed by atoms with van der Waals surface area (Å²) < 4.78 is 0. The molecule has 0 spiro atoms. The molecule has 0 saturated heterocycles. The molecule has 35 heavy (non-hydrogen) atoms. The van der Waals surface area contributed by atoms with Crippen LogP contribution in [0.1, 0.15) is 20.3 Å². The Labute approximate surface area is 226 Å². The Morgan fingerprint density at radius 3 is 2.89 bits per heavy atom. The molecule has 10 heteroatoms. The minimum Gasteiger partial charge on any atom is -0.542 e. The zero-order valence-electron chi connectivity index (χ0n) is 20.0. The van der Waals surface area contributed by atoms with Crippen LogP contribution in [0.2, 0.25) is 0 Å². The summed E-state index contributed by atoms with van der Waals surface area (Å²) in [6.45, 7) is 4.27. The summed E-state index contributed by atoms with van der Waals surface area (Å²) in [5, 5.41) is 14.1. The molecule has 1 amide bonds. The number of H-pyrrole nitrogens is 1. The van der Waals surface area contributed by atoms with E-state index >= 15 is 0 Å². The molecule has 174 valence electrons. The molecule has 0 unspecified atom stereocenters. The summed E-state index contributed by atoms with van der Waals surface area (Å²) in [5.74, 6) is 1.04. The Morgan fingerprint density at radius 1 is 1.23 bits per heavy atom. The molecule has 0 aliphatic carbocycles. The number of rotatable bonds is 10. The molecule has 0 aliphatic heterocycles. The third-order valence-corrected chi connectivity index (χ3v) is 5.02. The zero-order chi connectivity index (χ0) is 23.9. The third kappa shape index (κ3) is 7.11. The summed E-state index contributed by atoms with van der Waals surface area (Å²) in [5.41, 5.74) is 3.29. The first-order chi connectivity index (χ1) is 16.5. The van der Waals surface area contributed by atoms with Gasteiger partial charge in [-0.25, -0.2) is 9.97 Å². The van der Waals surface area contributed by atoms with Crippen LogP contribution in [0.3, 0.4) is 0 Å². The largest absolute Gasteiger partial charge is 1.00 e. The number of anilines is 3. The van der Waals surface area contributed by atoms with Crippen LogP contribution in [0, 0.1) is 6.07 Å². The summed E-state index contributed by atoms with van der Waals surface area (Å²) >= 11 is 0. The molecule has 0 atom stereocenters. The molecule has 0 radical (unpaired) electrons. The molecule has 4 aromatic rings. The fourth-order valence-corrected chi connectivity index (χ4v) is 3.52. The van der Waals surface area contributed by atoms with E-state index in [2.05, 4.69) is 36.9 Å². The standard InChI is InChI=1S/C25H25N7O2.Na/c1-17(2)28-24(34)16-32(11-4-12-33)21-6-3-5-18(14-21)25-26-10-9-23(30-25)29-20-7-8-22-19(13-20)15-27-31-22;/h3,5,7-10,13-15,17H,4,11,16H2,1-2H3,(H,27,31)(H,28,34)(H,26,29,30);/q-2;+1. The molecular weight excluding hydrogens is 453 g/mol. The van der Waals surface area contributed by atoms with Crippen molar-refractivity contribution < 1.29 is 39.1 Å². The van der Waals surface area contributed by atoms with Crippen LogP contribution >= 0.6 is 0 Å². The van der Waals surface area contributed by atoms with Gasteiger partial charge in [0.2, 0.25) is 5.91 Å². The number of hydrogen-bond acceptors (Lipinski definition) is 7. The van der Waals surface area contributed by atoms with E-state index in [1.165, 1.54) is 0 Å². The number of fused-ring (bicyclic) bond motifs is 1. The van der Waals surface area contributed by atoms with E-state index in [0.717, 1.165) is 22.2 Å². The summed E-state index contributed by atoms with van der Waals surface area (Å²) in [7, 11) is 0. The van der Waals surface area contributed by atoms with E-state index in [0.29, 0.717) is 23.9 Å². The first-order valence-corrected chi connectivity index (χ1v) is 11.0. The van der Waals surface area contributed by atoms with Crippen LogP contribution < -0.4 is 45.1 Å². The van der Waals surface area contributed by atoms with Gasteiger partial charge in [-0.05, 0) is 44.7 Å². The number of aromatic nitrogens is 4. The van der Waals surface area contributed by atoms with Gasteiger partial charge in [0.25, 0.3) is 0 Å². The van der Waals surface area contributed by atoms with Crippen molar-refractivity contribution in [1.82, 2.24) is 25.5 Å². The minimum absolute atomic E-state index is 0. The van der Waals surface area contributed by atoms with E-state index in [1.54, 1.807) is 29.4 Å². The first-order valence-electron chi connectivity index (χ1n) is 11.0.